The SMILES string of the molecule is Cc1cccc2c(=O)c3c(O)cc(OCC(=O)c4c(C)n(C)c5ccccc45)cc3oc12. The van der Waals surface area contributed by atoms with Gasteiger partial charge in [-0.25, -0.2) is 0 Å². The number of phenols is 1. The Morgan fingerprint density at radius 1 is 1.06 bits per heavy atom. The lowest BCUT2D eigenvalue weighted by Crippen LogP contribution is -2.13. The molecule has 3 aromatic carbocycles. The van der Waals surface area contributed by atoms with Crippen LogP contribution in [0.25, 0.3) is 32.8 Å². The van der Waals surface area contributed by atoms with Crippen molar-refractivity contribution in [3.63, 3.8) is 0 Å². The summed E-state index contributed by atoms with van der Waals surface area (Å²) in [6.45, 7) is 3.54. The van der Waals surface area contributed by atoms with Crippen molar-refractivity contribution in [2.75, 3.05) is 6.61 Å². The highest BCUT2D eigenvalue weighted by Crippen LogP contribution is 2.32. The fourth-order valence-corrected chi connectivity index (χ4v) is 4.27. The van der Waals surface area contributed by atoms with Crippen LogP contribution in [0.4, 0.5) is 0 Å². The standard InChI is InChI=1S/C26H21NO5/c1-14-7-6-9-18-25(30)24-20(28)11-16(12-22(24)32-26(14)18)31-13-21(29)23-15(2)27(3)19-10-5-4-8-17(19)23/h4-12,28H,13H2,1-3H3. The summed E-state index contributed by atoms with van der Waals surface area (Å²) in [5.74, 6) is -0.171. The zero-order chi connectivity index (χ0) is 22.6. The Morgan fingerprint density at radius 2 is 1.81 bits per heavy atom. The van der Waals surface area contributed by atoms with E-state index in [9.17, 15) is 14.7 Å². The van der Waals surface area contributed by atoms with Gasteiger partial charge < -0.3 is 18.8 Å². The molecule has 0 atom stereocenters. The van der Waals surface area contributed by atoms with Crippen LogP contribution in [-0.2, 0) is 7.05 Å². The van der Waals surface area contributed by atoms with Crippen LogP contribution < -0.4 is 10.2 Å². The fourth-order valence-electron chi connectivity index (χ4n) is 4.27. The van der Waals surface area contributed by atoms with Gasteiger partial charge in [-0.3, -0.25) is 9.59 Å². The topological polar surface area (TPSA) is 81.7 Å². The maximum atomic E-state index is 13.0. The minimum absolute atomic E-state index is 0.0895. The van der Waals surface area contributed by atoms with E-state index in [2.05, 4.69) is 0 Å². The van der Waals surface area contributed by atoms with Crippen molar-refractivity contribution in [1.29, 1.82) is 0 Å². The molecule has 0 aliphatic heterocycles. The Morgan fingerprint density at radius 3 is 2.62 bits per heavy atom. The number of carbonyl (C=O) groups is 1. The lowest BCUT2D eigenvalue weighted by atomic mass is 10.1. The molecule has 0 saturated carbocycles. The predicted octanol–water partition coefficient (Wildman–Crippen LogP) is 5.02. The van der Waals surface area contributed by atoms with Gasteiger partial charge in [0.05, 0.1) is 5.39 Å². The molecule has 0 radical (unpaired) electrons. The molecule has 1 N–H and O–H groups in total. The Bertz CT molecular complexity index is 1610. The molecular formula is C26H21NO5. The second-order valence-corrected chi connectivity index (χ2v) is 7.95. The molecule has 0 spiro atoms. The van der Waals surface area contributed by atoms with Crippen LogP contribution in [0.2, 0.25) is 0 Å². The van der Waals surface area contributed by atoms with Gasteiger partial charge in [-0.05, 0) is 31.5 Å². The third-order valence-electron chi connectivity index (χ3n) is 6.00. The van der Waals surface area contributed by atoms with E-state index in [0.717, 1.165) is 22.2 Å². The number of benzene rings is 3. The van der Waals surface area contributed by atoms with Gasteiger partial charge in [0.1, 0.15) is 28.1 Å². The maximum Gasteiger partial charge on any atom is 0.204 e. The second-order valence-electron chi connectivity index (χ2n) is 7.95. The highest BCUT2D eigenvalue weighted by molar-refractivity contribution is 6.10. The first-order chi connectivity index (χ1) is 15.4. The molecule has 5 aromatic rings. The summed E-state index contributed by atoms with van der Waals surface area (Å²) in [5.41, 5.74) is 3.62. The number of aromatic hydroxyl groups is 1. The van der Waals surface area contributed by atoms with E-state index >= 15 is 0 Å². The van der Waals surface area contributed by atoms with E-state index in [-0.39, 0.29) is 40.3 Å². The smallest absolute Gasteiger partial charge is 0.204 e. The maximum absolute atomic E-state index is 13.0. The number of hydrogen-bond donors (Lipinski definition) is 1. The summed E-state index contributed by atoms with van der Waals surface area (Å²) < 4.78 is 13.6. The second kappa shape index (κ2) is 7.27. The van der Waals surface area contributed by atoms with E-state index in [0.29, 0.717) is 16.5 Å². The Labute approximate surface area is 183 Å². The minimum atomic E-state index is -0.309. The van der Waals surface area contributed by atoms with Gasteiger partial charge >= 0.3 is 0 Å². The van der Waals surface area contributed by atoms with Crippen LogP contribution >= 0.6 is 0 Å². The zero-order valence-corrected chi connectivity index (χ0v) is 17.9. The van der Waals surface area contributed by atoms with Crippen molar-refractivity contribution >= 4 is 38.6 Å². The van der Waals surface area contributed by atoms with Gasteiger partial charge in [0.25, 0.3) is 0 Å². The zero-order valence-electron chi connectivity index (χ0n) is 17.9. The van der Waals surface area contributed by atoms with Gasteiger partial charge in [0, 0.05) is 41.3 Å². The first-order valence-corrected chi connectivity index (χ1v) is 10.3. The van der Waals surface area contributed by atoms with Gasteiger partial charge in [0.15, 0.2) is 6.61 Å². The predicted molar refractivity (Wildman–Crippen MR) is 124 cm³/mol. The quantitative estimate of drug-likeness (QED) is 0.322. The molecule has 0 fully saturated rings. The lowest BCUT2D eigenvalue weighted by molar-refractivity contribution is 0.0922. The summed E-state index contributed by atoms with van der Waals surface area (Å²) in [6, 6.07) is 15.9. The molecule has 160 valence electrons. The molecule has 0 aliphatic carbocycles. The van der Waals surface area contributed by atoms with Crippen LogP contribution in [0.15, 0.2) is 63.8 Å². The Kier molecular flexibility index (Phi) is 4.51. The number of nitrogens with zero attached hydrogens (tertiary/aromatic N) is 1. The molecule has 0 aliphatic rings. The highest BCUT2D eigenvalue weighted by atomic mass is 16.5. The number of rotatable bonds is 4. The molecule has 0 bridgehead atoms. The van der Waals surface area contributed by atoms with Crippen LogP contribution in [0, 0.1) is 13.8 Å². The summed E-state index contributed by atoms with van der Waals surface area (Å²) in [6.07, 6.45) is 0. The van der Waals surface area contributed by atoms with Crippen LogP contribution in [0.5, 0.6) is 11.5 Å². The molecule has 2 heterocycles. The molecule has 0 unspecified atom stereocenters. The van der Waals surface area contributed by atoms with Gasteiger partial charge in [-0.2, -0.15) is 0 Å². The van der Waals surface area contributed by atoms with E-state index in [1.54, 1.807) is 12.1 Å². The molecule has 6 heteroatoms. The first-order valence-electron chi connectivity index (χ1n) is 10.3. The Hall–Kier alpha value is -4.06. The van der Waals surface area contributed by atoms with E-state index < -0.39 is 0 Å². The average molecular weight is 427 g/mol. The molecule has 5 rings (SSSR count). The molecular weight excluding hydrogens is 406 g/mol. The van der Waals surface area contributed by atoms with Gasteiger partial charge in [0.2, 0.25) is 11.2 Å². The number of aryl methyl sites for hydroxylation is 2. The third-order valence-corrected chi connectivity index (χ3v) is 6.00. The molecule has 6 nitrogen and oxygen atoms in total. The van der Waals surface area contributed by atoms with Crippen molar-refractivity contribution in [2.24, 2.45) is 7.05 Å². The number of ketones is 1. The number of phenolic OH excluding ortho intramolecular Hbond substituents is 1. The number of aromatic nitrogens is 1. The van der Waals surface area contributed by atoms with Crippen LogP contribution in [0.3, 0.4) is 0 Å². The van der Waals surface area contributed by atoms with Gasteiger partial charge in [-0.1, -0.05) is 30.3 Å². The molecule has 0 saturated heterocycles. The van der Waals surface area contributed by atoms with Crippen molar-refractivity contribution in [3.8, 4) is 11.5 Å². The largest absolute Gasteiger partial charge is 0.507 e. The lowest BCUT2D eigenvalue weighted by Gasteiger charge is -2.10. The first kappa shape index (κ1) is 19.9. The van der Waals surface area contributed by atoms with Crippen LogP contribution in [0.1, 0.15) is 21.6 Å². The number of hydrogen-bond acceptors (Lipinski definition) is 5. The molecule has 2 aromatic heterocycles. The number of carbonyl (C=O) groups excluding carboxylic acids is 1. The fraction of sp³-hybridized carbons (Fsp3) is 0.154. The van der Waals surface area contributed by atoms with Crippen molar-refractivity contribution in [1.82, 2.24) is 4.57 Å². The summed E-state index contributed by atoms with van der Waals surface area (Å²) >= 11 is 0. The average Bonchev–Trinajstić information content (AvgIpc) is 3.03. The van der Waals surface area contributed by atoms with Crippen molar-refractivity contribution < 1.29 is 19.1 Å². The van der Waals surface area contributed by atoms with Gasteiger partial charge in [-0.15, -0.1) is 0 Å². The van der Waals surface area contributed by atoms with Crippen molar-refractivity contribution in [3.05, 3.63) is 81.6 Å². The number of fused-ring (bicyclic) bond motifs is 3. The van der Waals surface area contributed by atoms with Crippen molar-refractivity contribution in [2.45, 2.75) is 13.8 Å². The van der Waals surface area contributed by atoms with E-state index in [1.165, 1.54) is 12.1 Å². The normalized spacial score (nSPS) is 11.5. The highest BCUT2D eigenvalue weighted by Gasteiger charge is 2.20. The third kappa shape index (κ3) is 2.95. The number of Topliss-reactive ketones (excluding diaryl/α,β-unsaturated/α-hetero) is 1. The summed E-state index contributed by atoms with van der Waals surface area (Å²) in [7, 11) is 1.92. The van der Waals surface area contributed by atoms with E-state index in [1.807, 2.05) is 55.8 Å². The van der Waals surface area contributed by atoms with Crippen LogP contribution in [-0.4, -0.2) is 22.1 Å². The minimum Gasteiger partial charge on any atom is -0.507 e. The van der Waals surface area contributed by atoms with E-state index in [4.69, 9.17) is 9.15 Å². The molecule has 32 heavy (non-hydrogen) atoms. The summed E-state index contributed by atoms with van der Waals surface area (Å²) in [4.78, 5) is 25.9. The molecule has 0 amide bonds. The monoisotopic (exact) mass is 427 g/mol. The number of ether oxygens (including phenoxy) is 1. The Balaban J connectivity index is 1.52. The number of para-hydroxylation sites is 2. The summed E-state index contributed by atoms with van der Waals surface area (Å²) in [5, 5.41) is 11.9.